The first-order valence-electron chi connectivity index (χ1n) is 9.65. The highest BCUT2D eigenvalue weighted by Gasteiger charge is 2.36. The molecule has 27 heavy (non-hydrogen) atoms. The Labute approximate surface area is 161 Å². The molecule has 6 nitrogen and oxygen atoms in total. The minimum atomic E-state index is -0.0287. The van der Waals surface area contributed by atoms with Gasteiger partial charge in [-0.05, 0) is 42.4 Å². The number of nitrogens with zero attached hydrogens (tertiary/aromatic N) is 2. The lowest BCUT2D eigenvalue weighted by molar-refractivity contribution is -0.132. The molecule has 2 saturated heterocycles. The minimum Gasteiger partial charge on any atom is -0.497 e. The minimum absolute atomic E-state index is 0.0287. The summed E-state index contributed by atoms with van der Waals surface area (Å²) < 4.78 is 5.20. The van der Waals surface area contributed by atoms with Crippen LogP contribution in [0.5, 0.6) is 5.75 Å². The van der Waals surface area contributed by atoms with E-state index in [1.54, 1.807) is 13.2 Å². The lowest BCUT2D eigenvalue weighted by Crippen LogP contribution is -2.48. The van der Waals surface area contributed by atoms with E-state index in [0.717, 1.165) is 43.8 Å². The molecule has 0 aromatic heterocycles. The van der Waals surface area contributed by atoms with Crippen LogP contribution in [0.1, 0.15) is 24.8 Å². The molecule has 146 valence electrons. The van der Waals surface area contributed by atoms with Crippen molar-refractivity contribution in [2.45, 2.75) is 25.8 Å². The largest absolute Gasteiger partial charge is 0.497 e. The molecule has 0 aliphatic carbocycles. The number of piperidine rings is 1. The Morgan fingerprint density at radius 3 is 2.70 bits per heavy atom. The maximum absolute atomic E-state index is 12.8. The van der Waals surface area contributed by atoms with Gasteiger partial charge >= 0.3 is 6.03 Å². The van der Waals surface area contributed by atoms with Gasteiger partial charge in [-0.2, -0.15) is 0 Å². The summed E-state index contributed by atoms with van der Waals surface area (Å²) in [7, 11) is 1.65. The maximum Gasteiger partial charge on any atom is 0.317 e. The number of carbonyl (C=O) groups is 2. The molecular weight excluding hydrogens is 342 g/mol. The van der Waals surface area contributed by atoms with E-state index in [0.29, 0.717) is 31.3 Å². The van der Waals surface area contributed by atoms with Crippen molar-refractivity contribution < 1.29 is 14.3 Å². The van der Waals surface area contributed by atoms with E-state index in [4.69, 9.17) is 4.74 Å². The fraction of sp³-hybridized carbons (Fsp3) is 0.524. The van der Waals surface area contributed by atoms with Gasteiger partial charge in [0.25, 0.3) is 0 Å². The third kappa shape index (κ3) is 4.81. The van der Waals surface area contributed by atoms with Crippen molar-refractivity contribution in [3.63, 3.8) is 0 Å². The molecule has 3 rings (SSSR count). The van der Waals surface area contributed by atoms with E-state index in [1.807, 2.05) is 34.1 Å². The van der Waals surface area contributed by atoms with Crippen LogP contribution < -0.4 is 10.1 Å². The Bertz CT molecular complexity index is 674. The molecule has 2 heterocycles. The molecule has 0 saturated carbocycles. The molecule has 6 heteroatoms. The van der Waals surface area contributed by atoms with Crippen molar-refractivity contribution in [2.24, 2.45) is 11.8 Å². The Morgan fingerprint density at radius 2 is 2.00 bits per heavy atom. The van der Waals surface area contributed by atoms with Crippen molar-refractivity contribution in [3.05, 3.63) is 42.5 Å². The summed E-state index contributed by atoms with van der Waals surface area (Å²) in [5.41, 5.74) is 1.11. The first-order valence-corrected chi connectivity index (χ1v) is 9.65. The molecule has 2 aliphatic rings. The van der Waals surface area contributed by atoms with E-state index < -0.39 is 0 Å². The lowest BCUT2D eigenvalue weighted by atomic mass is 9.82. The van der Waals surface area contributed by atoms with Gasteiger partial charge in [0.05, 0.1) is 7.11 Å². The number of nitrogens with one attached hydrogen (secondary N) is 1. The van der Waals surface area contributed by atoms with Gasteiger partial charge in [-0.1, -0.05) is 18.2 Å². The van der Waals surface area contributed by atoms with Crippen LogP contribution in [0.3, 0.4) is 0 Å². The van der Waals surface area contributed by atoms with Crippen LogP contribution in [0.4, 0.5) is 4.79 Å². The Balaban J connectivity index is 1.59. The van der Waals surface area contributed by atoms with Crippen LogP contribution in [-0.4, -0.2) is 55.0 Å². The highest BCUT2D eigenvalue weighted by atomic mass is 16.5. The summed E-state index contributed by atoms with van der Waals surface area (Å²) in [6.07, 6.45) is 4.11. The summed E-state index contributed by atoms with van der Waals surface area (Å²) in [5.74, 6) is 1.81. The molecule has 2 aliphatic heterocycles. The number of amides is 3. The predicted octanol–water partition coefficient (Wildman–Crippen LogP) is 2.65. The van der Waals surface area contributed by atoms with Gasteiger partial charge in [0.2, 0.25) is 5.91 Å². The summed E-state index contributed by atoms with van der Waals surface area (Å²) in [6.45, 7) is 6.94. The zero-order valence-electron chi connectivity index (χ0n) is 16.0. The highest BCUT2D eigenvalue weighted by Crippen LogP contribution is 2.33. The van der Waals surface area contributed by atoms with E-state index in [1.165, 1.54) is 0 Å². The summed E-state index contributed by atoms with van der Waals surface area (Å²) >= 11 is 0. The predicted molar refractivity (Wildman–Crippen MR) is 104 cm³/mol. The third-order valence-electron chi connectivity index (χ3n) is 5.67. The molecule has 0 bridgehead atoms. The molecule has 0 unspecified atom stereocenters. The highest BCUT2D eigenvalue weighted by molar-refractivity contribution is 5.77. The first-order chi connectivity index (χ1) is 13.1. The fourth-order valence-corrected chi connectivity index (χ4v) is 4.05. The first kappa shape index (κ1) is 19.3. The topological polar surface area (TPSA) is 61.9 Å². The average Bonchev–Trinajstić information content (AvgIpc) is 2.85. The number of hydrogen-bond acceptors (Lipinski definition) is 3. The van der Waals surface area contributed by atoms with Gasteiger partial charge in [0.1, 0.15) is 5.75 Å². The van der Waals surface area contributed by atoms with Crippen molar-refractivity contribution >= 4 is 11.9 Å². The molecule has 1 N–H and O–H groups in total. The molecule has 0 spiro atoms. The van der Waals surface area contributed by atoms with Crippen molar-refractivity contribution in [1.82, 2.24) is 15.1 Å². The zero-order chi connectivity index (χ0) is 19.2. The van der Waals surface area contributed by atoms with Crippen LogP contribution in [-0.2, 0) is 11.3 Å². The number of likely N-dealkylation sites (tertiary alicyclic amines) is 2. The molecule has 2 atom stereocenters. The number of benzene rings is 1. The average molecular weight is 371 g/mol. The number of carbonyl (C=O) groups excluding carboxylic acids is 2. The fourth-order valence-electron chi connectivity index (χ4n) is 4.05. The number of fused-ring (bicyclic) bond motifs is 1. The van der Waals surface area contributed by atoms with Crippen LogP contribution in [0, 0.1) is 11.8 Å². The van der Waals surface area contributed by atoms with E-state index >= 15 is 0 Å². The van der Waals surface area contributed by atoms with Crippen molar-refractivity contribution in [1.29, 1.82) is 0 Å². The van der Waals surface area contributed by atoms with Gasteiger partial charge in [0.15, 0.2) is 0 Å². The molecule has 1 aromatic carbocycles. The van der Waals surface area contributed by atoms with Gasteiger partial charge in [-0.3, -0.25) is 4.79 Å². The van der Waals surface area contributed by atoms with Crippen molar-refractivity contribution in [3.8, 4) is 5.75 Å². The number of rotatable bonds is 5. The molecule has 3 amide bonds. The van der Waals surface area contributed by atoms with Crippen LogP contribution >= 0.6 is 0 Å². The number of hydrogen-bond donors (Lipinski definition) is 1. The zero-order valence-corrected chi connectivity index (χ0v) is 16.0. The van der Waals surface area contributed by atoms with Gasteiger partial charge in [0, 0.05) is 39.1 Å². The second-order valence-corrected chi connectivity index (χ2v) is 7.39. The lowest BCUT2D eigenvalue weighted by Gasteiger charge is -2.37. The summed E-state index contributed by atoms with van der Waals surface area (Å²) in [5, 5.41) is 2.85. The Hall–Kier alpha value is -2.50. The Kier molecular flexibility index (Phi) is 6.37. The van der Waals surface area contributed by atoms with Crippen molar-refractivity contribution in [2.75, 3.05) is 33.3 Å². The van der Waals surface area contributed by atoms with Crippen LogP contribution in [0.2, 0.25) is 0 Å². The normalized spacial score (nSPS) is 22.6. The molecule has 2 fully saturated rings. The second kappa shape index (κ2) is 8.93. The monoisotopic (exact) mass is 371 g/mol. The summed E-state index contributed by atoms with van der Waals surface area (Å²) in [6, 6.07) is 7.85. The smallest absolute Gasteiger partial charge is 0.317 e. The number of ether oxygens (including phenoxy) is 1. The van der Waals surface area contributed by atoms with E-state index in [9.17, 15) is 9.59 Å². The standard InChI is InChI=1S/C21H29N3O3/c1-3-10-22-21(26)24-12-8-17-13-20(25)23(11-9-18(17)15-24)14-16-4-6-19(27-2)7-5-16/h3-7,17-18H,1,8-15H2,2H3,(H,22,26)/t17-,18+/m0/s1. The summed E-state index contributed by atoms with van der Waals surface area (Å²) in [4.78, 5) is 28.8. The van der Waals surface area contributed by atoms with Gasteiger partial charge in [-0.25, -0.2) is 4.79 Å². The van der Waals surface area contributed by atoms with Gasteiger partial charge < -0.3 is 19.9 Å². The maximum atomic E-state index is 12.8. The van der Waals surface area contributed by atoms with E-state index in [-0.39, 0.29) is 11.9 Å². The SMILES string of the molecule is C=CCNC(=O)N1CC[C@H]2CC(=O)N(Cc3ccc(OC)cc3)CC[C@@H]2C1. The molecule has 1 aromatic rings. The van der Waals surface area contributed by atoms with E-state index in [2.05, 4.69) is 11.9 Å². The molecule has 0 radical (unpaired) electrons. The quantitative estimate of drug-likeness (QED) is 0.810. The molecular formula is C21H29N3O3. The number of urea groups is 1. The van der Waals surface area contributed by atoms with Crippen LogP contribution in [0.15, 0.2) is 36.9 Å². The van der Waals surface area contributed by atoms with Gasteiger partial charge in [-0.15, -0.1) is 6.58 Å². The second-order valence-electron chi connectivity index (χ2n) is 7.39. The number of methoxy groups -OCH3 is 1. The van der Waals surface area contributed by atoms with Crippen LogP contribution in [0.25, 0.3) is 0 Å². The Morgan fingerprint density at radius 1 is 1.26 bits per heavy atom. The third-order valence-corrected chi connectivity index (χ3v) is 5.67.